The number of nitriles is 1. The lowest BCUT2D eigenvalue weighted by atomic mass is 10.2. The normalized spacial score (nSPS) is 9.65. The van der Waals surface area contributed by atoms with Gasteiger partial charge in [-0.3, -0.25) is 0 Å². The maximum absolute atomic E-state index is 12.0. The second-order valence-electron chi connectivity index (χ2n) is 3.88. The molecule has 2 aromatic carbocycles. The molecule has 0 bridgehead atoms. The molecular weight excluding hydrogens is 278 g/mol. The molecule has 5 heteroatoms. The average Bonchev–Trinajstić information content (AvgIpc) is 2.47. The van der Waals surface area contributed by atoms with E-state index in [9.17, 15) is 4.79 Å². The van der Waals surface area contributed by atoms with Crippen molar-refractivity contribution >= 4 is 17.6 Å². The minimum absolute atomic E-state index is 0.247. The van der Waals surface area contributed by atoms with Gasteiger partial charge < -0.3 is 9.47 Å². The van der Waals surface area contributed by atoms with Crippen molar-refractivity contribution in [2.75, 3.05) is 7.11 Å². The van der Waals surface area contributed by atoms with Crippen molar-refractivity contribution in [1.29, 1.82) is 5.26 Å². The van der Waals surface area contributed by atoms with Gasteiger partial charge in [0.05, 0.1) is 24.3 Å². The Balaban J connectivity index is 2.26. The van der Waals surface area contributed by atoms with E-state index in [1.165, 1.54) is 25.3 Å². The van der Waals surface area contributed by atoms with E-state index >= 15 is 0 Å². The standard InChI is InChI=1S/C15H10ClNO3/c1-19-14-7-10(9-17)5-6-13(14)20-15(18)11-3-2-4-12(16)8-11/h2-8H,1H3. The van der Waals surface area contributed by atoms with Gasteiger partial charge in [-0.25, -0.2) is 4.79 Å². The lowest BCUT2D eigenvalue weighted by Crippen LogP contribution is -2.09. The quantitative estimate of drug-likeness (QED) is 0.641. The number of rotatable bonds is 3. The highest BCUT2D eigenvalue weighted by atomic mass is 35.5. The van der Waals surface area contributed by atoms with Gasteiger partial charge in [0.25, 0.3) is 0 Å². The van der Waals surface area contributed by atoms with Crippen LogP contribution in [0.25, 0.3) is 0 Å². The van der Waals surface area contributed by atoms with Crippen molar-refractivity contribution in [1.82, 2.24) is 0 Å². The first-order valence-electron chi connectivity index (χ1n) is 5.70. The molecule has 0 unspecified atom stereocenters. The van der Waals surface area contributed by atoms with Crippen LogP contribution in [0.15, 0.2) is 42.5 Å². The van der Waals surface area contributed by atoms with Gasteiger partial charge in [-0.1, -0.05) is 17.7 Å². The van der Waals surface area contributed by atoms with Crippen LogP contribution in [0.4, 0.5) is 0 Å². The summed E-state index contributed by atoms with van der Waals surface area (Å²) in [5.41, 5.74) is 0.758. The number of nitrogens with zero attached hydrogens (tertiary/aromatic N) is 1. The molecule has 20 heavy (non-hydrogen) atoms. The summed E-state index contributed by atoms with van der Waals surface area (Å²) in [4.78, 5) is 12.0. The Labute approximate surface area is 121 Å². The fourth-order valence-electron chi connectivity index (χ4n) is 1.60. The van der Waals surface area contributed by atoms with Crippen LogP contribution in [0.2, 0.25) is 5.02 Å². The summed E-state index contributed by atoms with van der Waals surface area (Å²) in [6, 6.07) is 13.0. The first-order chi connectivity index (χ1) is 9.63. The van der Waals surface area contributed by atoms with E-state index in [0.29, 0.717) is 21.9 Å². The smallest absolute Gasteiger partial charge is 0.343 e. The fraction of sp³-hybridized carbons (Fsp3) is 0.0667. The summed E-state index contributed by atoms with van der Waals surface area (Å²) in [5.74, 6) is 0.0198. The second kappa shape index (κ2) is 6.09. The first kappa shape index (κ1) is 13.9. The van der Waals surface area contributed by atoms with Gasteiger partial charge in [-0.2, -0.15) is 5.26 Å². The average molecular weight is 288 g/mol. The molecule has 0 fully saturated rings. The molecule has 0 N–H and O–H groups in total. The van der Waals surface area contributed by atoms with Crippen molar-refractivity contribution in [2.24, 2.45) is 0 Å². The molecule has 0 amide bonds. The number of ether oxygens (including phenoxy) is 2. The first-order valence-corrected chi connectivity index (χ1v) is 6.07. The number of methoxy groups -OCH3 is 1. The summed E-state index contributed by atoms with van der Waals surface area (Å²) in [5, 5.41) is 9.26. The molecule has 0 aliphatic heterocycles. The van der Waals surface area contributed by atoms with Crippen LogP contribution in [0.3, 0.4) is 0 Å². The van der Waals surface area contributed by atoms with E-state index in [1.807, 2.05) is 6.07 Å². The summed E-state index contributed by atoms with van der Waals surface area (Å²) >= 11 is 5.82. The maximum Gasteiger partial charge on any atom is 0.343 e. The Morgan fingerprint density at radius 3 is 2.65 bits per heavy atom. The van der Waals surface area contributed by atoms with E-state index in [-0.39, 0.29) is 5.75 Å². The largest absolute Gasteiger partial charge is 0.493 e. The molecule has 0 aliphatic carbocycles. The topological polar surface area (TPSA) is 59.3 Å². The van der Waals surface area contributed by atoms with Crippen LogP contribution in [-0.4, -0.2) is 13.1 Å². The molecule has 0 aromatic heterocycles. The number of hydrogen-bond donors (Lipinski definition) is 0. The maximum atomic E-state index is 12.0. The third kappa shape index (κ3) is 3.08. The summed E-state index contributed by atoms with van der Waals surface area (Å²) in [6.45, 7) is 0. The van der Waals surface area contributed by atoms with Crippen LogP contribution in [-0.2, 0) is 0 Å². The number of benzene rings is 2. The molecule has 0 spiro atoms. The zero-order chi connectivity index (χ0) is 14.5. The molecule has 4 nitrogen and oxygen atoms in total. The van der Waals surface area contributed by atoms with Crippen LogP contribution < -0.4 is 9.47 Å². The summed E-state index contributed by atoms with van der Waals surface area (Å²) in [7, 11) is 1.44. The number of halogens is 1. The van der Waals surface area contributed by atoms with Crippen LogP contribution in [0, 0.1) is 11.3 Å². The highest BCUT2D eigenvalue weighted by Crippen LogP contribution is 2.28. The molecule has 0 atom stereocenters. The van der Waals surface area contributed by atoms with Gasteiger partial charge in [-0.15, -0.1) is 0 Å². The number of carbonyl (C=O) groups is 1. The van der Waals surface area contributed by atoms with E-state index in [0.717, 1.165) is 0 Å². The molecule has 2 aromatic rings. The van der Waals surface area contributed by atoms with E-state index in [1.54, 1.807) is 24.3 Å². The molecule has 100 valence electrons. The van der Waals surface area contributed by atoms with Crippen molar-refractivity contribution < 1.29 is 14.3 Å². The monoisotopic (exact) mass is 287 g/mol. The molecule has 0 aliphatic rings. The van der Waals surface area contributed by atoms with Gasteiger partial charge in [0.2, 0.25) is 0 Å². The Kier molecular flexibility index (Phi) is 4.24. The van der Waals surface area contributed by atoms with Gasteiger partial charge in [0, 0.05) is 11.1 Å². The zero-order valence-corrected chi connectivity index (χ0v) is 11.3. The van der Waals surface area contributed by atoms with Gasteiger partial charge in [0.1, 0.15) is 0 Å². The Hall–Kier alpha value is -2.51. The van der Waals surface area contributed by atoms with Crippen molar-refractivity contribution in [2.45, 2.75) is 0 Å². The van der Waals surface area contributed by atoms with Crippen LogP contribution in [0.1, 0.15) is 15.9 Å². The van der Waals surface area contributed by atoms with Crippen molar-refractivity contribution in [3.8, 4) is 17.6 Å². The highest BCUT2D eigenvalue weighted by molar-refractivity contribution is 6.30. The molecule has 0 saturated heterocycles. The van der Waals surface area contributed by atoms with Crippen LogP contribution in [0.5, 0.6) is 11.5 Å². The predicted octanol–water partition coefficient (Wildman–Crippen LogP) is 3.44. The Bertz CT molecular complexity index is 692. The van der Waals surface area contributed by atoms with Gasteiger partial charge in [0.15, 0.2) is 11.5 Å². The Morgan fingerprint density at radius 2 is 2.00 bits per heavy atom. The third-order valence-electron chi connectivity index (χ3n) is 2.56. The highest BCUT2D eigenvalue weighted by Gasteiger charge is 2.13. The van der Waals surface area contributed by atoms with Crippen molar-refractivity contribution in [3.63, 3.8) is 0 Å². The summed E-state index contributed by atoms with van der Waals surface area (Å²) < 4.78 is 10.3. The van der Waals surface area contributed by atoms with E-state index in [2.05, 4.69) is 0 Å². The molecule has 0 heterocycles. The van der Waals surface area contributed by atoms with E-state index in [4.69, 9.17) is 26.3 Å². The third-order valence-corrected chi connectivity index (χ3v) is 2.79. The lowest BCUT2D eigenvalue weighted by molar-refractivity contribution is 0.0729. The van der Waals surface area contributed by atoms with Crippen LogP contribution >= 0.6 is 11.6 Å². The Morgan fingerprint density at radius 1 is 1.20 bits per heavy atom. The molecule has 0 radical (unpaired) electrons. The minimum atomic E-state index is -0.546. The molecule has 2 rings (SSSR count). The van der Waals surface area contributed by atoms with E-state index < -0.39 is 5.97 Å². The number of carbonyl (C=O) groups excluding carboxylic acids is 1. The fourth-order valence-corrected chi connectivity index (χ4v) is 1.79. The zero-order valence-electron chi connectivity index (χ0n) is 10.6. The molecule has 0 saturated carbocycles. The predicted molar refractivity (Wildman–Crippen MR) is 74.1 cm³/mol. The number of hydrogen-bond acceptors (Lipinski definition) is 4. The lowest BCUT2D eigenvalue weighted by Gasteiger charge is -2.09. The van der Waals surface area contributed by atoms with Gasteiger partial charge >= 0.3 is 5.97 Å². The second-order valence-corrected chi connectivity index (χ2v) is 4.31. The minimum Gasteiger partial charge on any atom is -0.493 e. The van der Waals surface area contributed by atoms with Crippen molar-refractivity contribution in [3.05, 3.63) is 58.6 Å². The molecular formula is C15H10ClNO3. The van der Waals surface area contributed by atoms with Gasteiger partial charge in [-0.05, 0) is 30.3 Å². The number of esters is 1. The summed E-state index contributed by atoms with van der Waals surface area (Å²) in [6.07, 6.45) is 0. The SMILES string of the molecule is COc1cc(C#N)ccc1OC(=O)c1cccc(Cl)c1.